The van der Waals surface area contributed by atoms with Crippen molar-refractivity contribution in [3.63, 3.8) is 0 Å². The minimum absolute atomic E-state index is 0.412. The first-order chi connectivity index (χ1) is 9.35. The van der Waals surface area contributed by atoms with Crippen molar-refractivity contribution < 1.29 is 4.74 Å². The van der Waals surface area contributed by atoms with Crippen LogP contribution in [0.5, 0.6) is 0 Å². The number of ether oxygens (including phenoxy) is 1. The molecule has 1 aromatic carbocycles. The molecule has 3 rings (SSSR count). The number of morpholine rings is 1. The monoisotopic (exact) mass is 259 g/mol. The lowest BCUT2D eigenvalue weighted by atomic mass is 10.1. The molecule has 1 aliphatic heterocycles. The van der Waals surface area contributed by atoms with Crippen molar-refractivity contribution >= 4 is 10.9 Å². The molecule has 0 spiro atoms. The Balaban J connectivity index is 1.66. The second-order valence-electron chi connectivity index (χ2n) is 5.31. The molecule has 0 radical (unpaired) electrons. The third-order valence-corrected chi connectivity index (χ3v) is 3.75. The third kappa shape index (κ3) is 2.96. The van der Waals surface area contributed by atoms with Gasteiger partial charge in [-0.25, -0.2) is 0 Å². The van der Waals surface area contributed by atoms with Crippen molar-refractivity contribution in [2.75, 3.05) is 19.7 Å². The van der Waals surface area contributed by atoms with E-state index in [4.69, 9.17) is 4.74 Å². The molecular weight excluding hydrogens is 238 g/mol. The molecule has 1 atom stereocenters. The van der Waals surface area contributed by atoms with Gasteiger partial charge in [-0.1, -0.05) is 25.5 Å². The maximum absolute atomic E-state index is 5.79. The van der Waals surface area contributed by atoms with E-state index in [9.17, 15) is 0 Å². The molecule has 0 amide bonds. The predicted molar refractivity (Wildman–Crippen MR) is 76.0 cm³/mol. The Morgan fingerprint density at radius 2 is 2.42 bits per heavy atom. The highest BCUT2D eigenvalue weighted by Gasteiger charge is 2.19. The second-order valence-corrected chi connectivity index (χ2v) is 5.31. The molecule has 1 saturated heterocycles. The topological polar surface area (TPSA) is 41.2 Å². The van der Waals surface area contributed by atoms with Crippen molar-refractivity contribution in [2.45, 2.75) is 32.4 Å². The maximum Gasteiger partial charge on any atom is 0.0702 e. The standard InChI is InChI=1S/C15H21N3O/c1-2-3-14-11-18(6-7-19-14)10-12-4-5-13-9-16-17-15(13)8-12/h4-5,8-9,14H,2-3,6-7,10-11H2,1H3,(H,16,17)/t14-/m0/s1. The zero-order valence-electron chi connectivity index (χ0n) is 11.4. The van der Waals surface area contributed by atoms with Crippen LogP contribution in [0.25, 0.3) is 10.9 Å². The number of H-pyrrole nitrogens is 1. The zero-order chi connectivity index (χ0) is 13.1. The van der Waals surface area contributed by atoms with Crippen molar-refractivity contribution in [1.29, 1.82) is 0 Å². The van der Waals surface area contributed by atoms with Gasteiger partial charge in [0.05, 0.1) is 24.4 Å². The number of rotatable bonds is 4. The molecule has 2 aromatic rings. The molecule has 0 bridgehead atoms. The van der Waals surface area contributed by atoms with Crippen LogP contribution in [0.3, 0.4) is 0 Å². The summed E-state index contributed by atoms with van der Waals surface area (Å²) < 4.78 is 5.79. The van der Waals surface area contributed by atoms with Gasteiger partial charge in [-0.05, 0) is 18.1 Å². The van der Waals surface area contributed by atoms with E-state index in [1.54, 1.807) is 0 Å². The molecule has 1 N–H and O–H groups in total. The smallest absolute Gasteiger partial charge is 0.0702 e. The summed E-state index contributed by atoms with van der Waals surface area (Å²) in [5.74, 6) is 0. The molecule has 0 saturated carbocycles. The number of aromatic nitrogens is 2. The van der Waals surface area contributed by atoms with Crippen LogP contribution in [0, 0.1) is 0 Å². The Kier molecular flexibility index (Phi) is 3.80. The number of nitrogens with zero attached hydrogens (tertiary/aromatic N) is 2. The van der Waals surface area contributed by atoms with E-state index >= 15 is 0 Å². The first kappa shape index (κ1) is 12.6. The highest BCUT2D eigenvalue weighted by molar-refractivity contribution is 5.78. The fraction of sp³-hybridized carbons (Fsp3) is 0.533. The highest BCUT2D eigenvalue weighted by atomic mass is 16.5. The summed E-state index contributed by atoms with van der Waals surface area (Å²) in [7, 11) is 0. The van der Waals surface area contributed by atoms with Gasteiger partial charge in [0, 0.05) is 25.0 Å². The van der Waals surface area contributed by atoms with Crippen LogP contribution in [-0.4, -0.2) is 40.9 Å². The number of hydrogen-bond donors (Lipinski definition) is 1. The largest absolute Gasteiger partial charge is 0.376 e. The van der Waals surface area contributed by atoms with Gasteiger partial charge in [-0.3, -0.25) is 10.00 Å². The molecular formula is C15H21N3O. The van der Waals surface area contributed by atoms with E-state index in [-0.39, 0.29) is 0 Å². The number of benzene rings is 1. The van der Waals surface area contributed by atoms with Gasteiger partial charge in [0.1, 0.15) is 0 Å². The Bertz CT molecular complexity index is 535. The summed E-state index contributed by atoms with van der Waals surface area (Å²) in [6, 6.07) is 6.53. The molecule has 102 valence electrons. The molecule has 1 fully saturated rings. The number of nitrogens with one attached hydrogen (secondary N) is 1. The van der Waals surface area contributed by atoms with Crippen LogP contribution < -0.4 is 0 Å². The van der Waals surface area contributed by atoms with Gasteiger partial charge in [0.15, 0.2) is 0 Å². The SMILES string of the molecule is CCC[C@H]1CN(Cc2ccc3cn[nH]c3c2)CCO1. The summed E-state index contributed by atoms with van der Waals surface area (Å²) in [6.45, 7) is 6.15. The fourth-order valence-electron chi connectivity index (χ4n) is 2.76. The molecule has 2 heterocycles. The van der Waals surface area contributed by atoms with Gasteiger partial charge in [0.2, 0.25) is 0 Å². The van der Waals surface area contributed by atoms with Crippen molar-refractivity contribution in [2.24, 2.45) is 0 Å². The van der Waals surface area contributed by atoms with Crippen LogP contribution in [-0.2, 0) is 11.3 Å². The first-order valence-corrected chi connectivity index (χ1v) is 7.11. The Morgan fingerprint density at radius 1 is 1.47 bits per heavy atom. The van der Waals surface area contributed by atoms with Crippen LogP contribution >= 0.6 is 0 Å². The molecule has 0 unspecified atom stereocenters. The van der Waals surface area contributed by atoms with Crippen molar-refractivity contribution in [3.05, 3.63) is 30.0 Å². The van der Waals surface area contributed by atoms with Crippen LogP contribution in [0.2, 0.25) is 0 Å². The van der Waals surface area contributed by atoms with Gasteiger partial charge in [-0.2, -0.15) is 5.10 Å². The molecule has 4 heteroatoms. The zero-order valence-corrected chi connectivity index (χ0v) is 11.4. The minimum atomic E-state index is 0.412. The molecule has 1 aliphatic rings. The van der Waals surface area contributed by atoms with E-state index in [1.165, 1.54) is 17.4 Å². The van der Waals surface area contributed by atoms with E-state index in [0.29, 0.717) is 6.10 Å². The lowest BCUT2D eigenvalue weighted by molar-refractivity contribution is -0.0350. The number of fused-ring (bicyclic) bond motifs is 1. The summed E-state index contributed by atoms with van der Waals surface area (Å²) in [5, 5.41) is 8.28. The van der Waals surface area contributed by atoms with E-state index < -0.39 is 0 Å². The van der Waals surface area contributed by atoms with Gasteiger partial charge in [-0.15, -0.1) is 0 Å². The highest BCUT2D eigenvalue weighted by Crippen LogP contribution is 2.17. The summed E-state index contributed by atoms with van der Waals surface area (Å²) in [6.07, 6.45) is 4.63. The fourth-order valence-corrected chi connectivity index (χ4v) is 2.76. The lowest BCUT2D eigenvalue weighted by Crippen LogP contribution is -2.41. The molecule has 0 aliphatic carbocycles. The van der Waals surface area contributed by atoms with E-state index in [1.807, 2.05) is 6.20 Å². The lowest BCUT2D eigenvalue weighted by Gasteiger charge is -2.32. The Hall–Kier alpha value is -1.39. The van der Waals surface area contributed by atoms with Crippen molar-refractivity contribution in [3.8, 4) is 0 Å². The van der Waals surface area contributed by atoms with E-state index in [0.717, 1.165) is 38.2 Å². The van der Waals surface area contributed by atoms with Crippen LogP contribution in [0.1, 0.15) is 25.3 Å². The molecule has 1 aromatic heterocycles. The van der Waals surface area contributed by atoms with Gasteiger partial charge >= 0.3 is 0 Å². The van der Waals surface area contributed by atoms with Crippen molar-refractivity contribution in [1.82, 2.24) is 15.1 Å². The normalized spacial score (nSPS) is 21.0. The summed E-state index contributed by atoms with van der Waals surface area (Å²) >= 11 is 0. The van der Waals surface area contributed by atoms with Crippen LogP contribution in [0.4, 0.5) is 0 Å². The quantitative estimate of drug-likeness (QED) is 0.917. The Labute approximate surface area is 113 Å². The summed E-state index contributed by atoms with van der Waals surface area (Å²) in [5.41, 5.74) is 2.46. The average molecular weight is 259 g/mol. The minimum Gasteiger partial charge on any atom is -0.376 e. The molecule has 19 heavy (non-hydrogen) atoms. The first-order valence-electron chi connectivity index (χ1n) is 7.11. The number of hydrogen-bond acceptors (Lipinski definition) is 3. The van der Waals surface area contributed by atoms with E-state index in [2.05, 4.69) is 40.2 Å². The maximum atomic E-state index is 5.79. The predicted octanol–water partition coefficient (Wildman–Crippen LogP) is 2.56. The second kappa shape index (κ2) is 5.72. The number of aromatic amines is 1. The van der Waals surface area contributed by atoms with Crippen LogP contribution in [0.15, 0.2) is 24.4 Å². The van der Waals surface area contributed by atoms with Gasteiger partial charge in [0.25, 0.3) is 0 Å². The summed E-state index contributed by atoms with van der Waals surface area (Å²) in [4.78, 5) is 2.49. The third-order valence-electron chi connectivity index (χ3n) is 3.75. The average Bonchev–Trinajstić information content (AvgIpc) is 2.87. The van der Waals surface area contributed by atoms with Gasteiger partial charge < -0.3 is 4.74 Å². The molecule has 4 nitrogen and oxygen atoms in total. The Morgan fingerprint density at radius 3 is 3.32 bits per heavy atom.